The van der Waals surface area contributed by atoms with Crippen molar-refractivity contribution in [2.24, 2.45) is 5.92 Å². The molecule has 2 nitrogen and oxygen atoms in total. The molecule has 0 bridgehead atoms. The van der Waals surface area contributed by atoms with Crippen molar-refractivity contribution in [3.63, 3.8) is 0 Å². The van der Waals surface area contributed by atoms with E-state index in [4.69, 9.17) is 4.74 Å². The number of aliphatic hydroxyl groups is 1. The van der Waals surface area contributed by atoms with Gasteiger partial charge in [-0.3, -0.25) is 0 Å². The van der Waals surface area contributed by atoms with Crippen LogP contribution in [-0.2, 0) is 11.2 Å². The van der Waals surface area contributed by atoms with Gasteiger partial charge in [0.1, 0.15) is 0 Å². The van der Waals surface area contributed by atoms with Crippen LogP contribution in [0.2, 0.25) is 25.7 Å². The van der Waals surface area contributed by atoms with Crippen LogP contribution in [0.1, 0.15) is 12.0 Å². The van der Waals surface area contributed by atoms with Crippen LogP contribution in [0.3, 0.4) is 0 Å². The van der Waals surface area contributed by atoms with E-state index in [2.05, 4.69) is 43.9 Å². The average Bonchev–Trinajstić information content (AvgIpc) is 2.32. The Morgan fingerprint density at radius 1 is 1.21 bits per heavy atom. The summed E-state index contributed by atoms with van der Waals surface area (Å²) < 4.78 is 5.98. The molecule has 1 aromatic carbocycles. The van der Waals surface area contributed by atoms with Crippen molar-refractivity contribution >= 4 is 8.07 Å². The average molecular weight is 278 g/mol. The summed E-state index contributed by atoms with van der Waals surface area (Å²) in [5, 5.41) is 10.3. The maximum atomic E-state index is 10.3. The summed E-state index contributed by atoms with van der Waals surface area (Å²) in [4.78, 5) is 0. The highest BCUT2D eigenvalue weighted by Gasteiger charge is 2.32. The van der Waals surface area contributed by atoms with Crippen LogP contribution in [0.5, 0.6) is 0 Å². The highest BCUT2D eigenvalue weighted by atomic mass is 28.3. The Balaban J connectivity index is 1.87. The number of rotatable bonds is 4. The molecule has 1 saturated heterocycles. The lowest BCUT2D eigenvalue weighted by atomic mass is 9.89. The van der Waals surface area contributed by atoms with Crippen molar-refractivity contribution < 1.29 is 9.84 Å². The van der Waals surface area contributed by atoms with Gasteiger partial charge in [-0.05, 0) is 24.4 Å². The molecule has 106 valence electrons. The summed E-state index contributed by atoms with van der Waals surface area (Å²) in [5.74, 6) is 0.250. The predicted octanol–water partition coefficient (Wildman–Crippen LogP) is 3.33. The zero-order chi connectivity index (χ0) is 13.9. The summed E-state index contributed by atoms with van der Waals surface area (Å²) in [6, 6.07) is 11.5. The number of hydrogen-bond acceptors (Lipinski definition) is 2. The van der Waals surface area contributed by atoms with Crippen LogP contribution in [0.15, 0.2) is 30.3 Å². The van der Waals surface area contributed by atoms with Gasteiger partial charge < -0.3 is 9.84 Å². The molecule has 0 amide bonds. The molecule has 0 spiro atoms. The molecule has 0 unspecified atom stereocenters. The number of ether oxygens (including phenoxy) is 1. The standard InChI is InChI=1S/C16H26O2Si/c1-19(2,3)12-15-10-16(17)14(11-18-15)9-13-7-5-4-6-8-13/h4-8,14-17H,9-12H2,1-3H3/t14-,15-,16-/m0/s1. The maximum absolute atomic E-state index is 10.3. The largest absolute Gasteiger partial charge is 0.393 e. The summed E-state index contributed by atoms with van der Waals surface area (Å²) in [5.41, 5.74) is 1.29. The van der Waals surface area contributed by atoms with Crippen LogP contribution >= 0.6 is 0 Å². The Kier molecular flexibility index (Phi) is 4.82. The van der Waals surface area contributed by atoms with Gasteiger partial charge in [-0.25, -0.2) is 0 Å². The van der Waals surface area contributed by atoms with Crippen molar-refractivity contribution in [1.29, 1.82) is 0 Å². The van der Waals surface area contributed by atoms with Gasteiger partial charge in [-0.2, -0.15) is 0 Å². The molecule has 0 aliphatic carbocycles. The molecule has 3 atom stereocenters. The van der Waals surface area contributed by atoms with Gasteiger partial charge in [0.2, 0.25) is 0 Å². The van der Waals surface area contributed by atoms with Crippen molar-refractivity contribution in [3.05, 3.63) is 35.9 Å². The van der Waals surface area contributed by atoms with Crippen molar-refractivity contribution in [2.75, 3.05) is 6.61 Å². The first-order valence-corrected chi connectivity index (χ1v) is 11.0. The normalized spacial score (nSPS) is 28.3. The summed E-state index contributed by atoms with van der Waals surface area (Å²) in [6.07, 6.45) is 1.78. The molecular formula is C16H26O2Si. The van der Waals surface area contributed by atoms with E-state index in [0.717, 1.165) is 18.9 Å². The molecule has 2 rings (SSSR count). The quantitative estimate of drug-likeness (QED) is 0.856. The van der Waals surface area contributed by atoms with E-state index in [-0.39, 0.29) is 18.1 Å². The minimum atomic E-state index is -1.11. The molecule has 1 aromatic rings. The van der Waals surface area contributed by atoms with E-state index in [1.165, 1.54) is 5.56 Å². The van der Waals surface area contributed by atoms with Gasteiger partial charge in [-0.15, -0.1) is 0 Å². The fourth-order valence-corrected chi connectivity index (χ4v) is 4.49. The minimum absolute atomic E-state index is 0.213. The number of benzene rings is 1. The van der Waals surface area contributed by atoms with Crippen molar-refractivity contribution in [3.8, 4) is 0 Å². The SMILES string of the molecule is C[Si](C)(C)C[C@@H]1C[C@H](O)[C@@H](Cc2ccccc2)CO1. The monoisotopic (exact) mass is 278 g/mol. The molecular weight excluding hydrogens is 252 g/mol. The van der Waals surface area contributed by atoms with E-state index in [1.807, 2.05) is 6.07 Å². The van der Waals surface area contributed by atoms with E-state index in [1.54, 1.807) is 0 Å². The van der Waals surface area contributed by atoms with Crippen LogP contribution in [-0.4, -0.2) is 32.0 Å². The van der Waals surface area contributed by atoms with Gasteiger partial charge in [0, 0.05) is 14.0 Å². The zero-order valence-corrected chi connectivity index (χ0v) is 13.3. The second-order valence-electron chi connectivity index (χ2n) is 6.97. The minimum Gasteiger partial charge on any atom is -0.393 e. The molecule has 19 heavy (non-hydrogen) atoms. The third-order valence-electron chi connectivity index (χ3n) is 3.78. The smallest absolute Gasteiger partial charge is 0.0618 e. The lowest BCUT2D eigenvalue weighted by Crippen LogP contribution is -2.41. The Hall–Kier alpha value is -0.643. The summed E-state index contributed by atoms with van der Waals surface area (Å²) in [7, 11) is -1.11. The molecule has 1 aliphatic rings. The van der Waals surface area contributed by atoms with Gasteiger partial charge in [-0.1, -0.05) is 50.0 Å². The van der Waals surface area contributed by atoms with Gasteiger partial charge in [0.15, 0.2) is 0 Å². The fourth-order valence-electron chi connectivity index (χ4n) is 2.84. The van der Waals surface area contributed by atoms with Gasteiger partial charge in [0.05, 0.1) is 18.8 Å². The molecule has 0 saturated carbocycles. The Morgan fingerprint density at radius 3 is 2.47 bits per heavy atom. The highest BCUT2D eigenvalue weighted by Crippen LogP contribution is 2.27. The lowest BCUT2D eigenvalue weighted by molar-refractivity contribution is -0.0754. The van der Waals surface area contributed by atoms with Crippen molar-refractivity contribution in [1.82, 2.24) is 0 Å². The van der Waals surface area contributed by atoms with Gasteiger partial charge in [0.25, 0.3) is 0 Å². The topological polar surface area (TPSA) is 29.5 Å². The Labute approximate surface area is 117 Å². The molecule has 1 N–H and O–H groups in total. The lowest BCUT2D eigenvalue weighted by Gasteiger charge is -2.35. The van der Waals surface area contributed by atoms with Crippen LogP contribution in [0.25, 0.3) is 0 Å². The van der Waals surface area contributed by atoms with E-state index < -0.39 is 8.07 Å². The molecule has 1 heterocycles. The van der Waals surface area contributed by atoms with Crippen molar-refractivity contribution in [2.45, 2.75) is 50.7 Å². The molecule has 0 radical (unpaired) electrons. The van der Waals surface area contributed by atoms with Gasteiger partial charge >= 0.3 is 0 Å². The third kappa shape index (κ3) is 4.75. The second kappa shape index (κ2) is 6.20. The summed E-state index contributed by atoms with van der Waals surface area (Å²) >= 11 is 0. The summed E-state index contributed by atoms with van der Waals surface area (Å²) in [6.45, 7) is 7.78. The van der Waals surface area contributed by atoms with Crippen LogP contribution in [0, 0.1) is 5.92 Å². The third-order valence-corrected chi connectivity index (χ3v) is 5.46. The van der Waals surface area contributed by atoms with E-state index in [9.17, 15) is 5.11 Å². The first-order valence-electron chi connectivity index (χ1n) is 7.27. The van der Waals surface area contributed by atoms with Crippen LogP contribution in [0.4, 0.5) is 0 Å². The molecule has 1 aliphatic heterocycles. The Bertz CT molecular complexity index is 385. The second-order valence-corrected chi connectivity index (χ2v) is 12.5. The first kappa shape index (κ1) is 14.8. The zero-order valence-electron chi connectivity index (χ0n) is 12.3. The predicted molar refractivity (Wildman–Crippen MR) is 82.2 cm³/mol. The first-order chi connectivity index (χ1) is 8.94. The van der Waals surface area contributed by atoms with Crippen LogP contribution < -0.4 is 0 Å². The fraction of sp³-hybridized carbons (Fsp3) is 0.625. The van der Waals surface area contributed by atoms with E-state index in [0.29, 0.717) is 6.61 Å². The number of hydrogen-bond donors (Lipinski definition) is 1. The Morgan fingerprint density at radius 2 is 1.89 bits per heavy atom. The molecule has 1 fully saturated rings. The van der Waals surface area contributed by atoms with E-state index >= 15 is 0 Å². The molecule has 3 heteroatoms. The molecule has 0 aromatic heterocycles. The maximum Gasteiger partial charge on any atom is 0.0618 e. The number of aliphatic hydroxyl groups excluding tert-OH is 1. The highest BCUT2D eigenvalue weighted by molar-refractivity contribution is 6.76.